The van der Waals surface area contributed by atoms with E-state index in [0.717, 1.165) is 37.9 Å². The van der Waals surface area contributed by atoms with Crippen LogP contribution in [0.2, 0.25) is 0 Å². The van der Waals surface area contributed by atoms with E-state index in [2.05, 4.69) is 39.9 Å². The second-order valence-corrected chi connectivity index (χ2v) is 6.22. The third-order valence-corrected chi connectivity index (χ3v) is 4.75. The highest BCUT2D eigenvalue weighted by molar-refractivity contribution is 5.83. The van der Waals surface area contributed by atoms with Gasteiger partial charge >= 0.3 is 0 Å². The Kier molecular flexibility index (Phi) is 4.72. The molecule has 1 aliphatic rings. The molecule has 1 aliphatic heterocycles. The van der Waals surface area contributed by atoms with Gasteiger partial charge in [-0.2, -0.15) is 0 Å². The monoisotopic (exact) mass is 309 g/mol. The van der Waals surface area contributed by atoms with Crippen molar-refractivity contribution in [3.05, 3.63) is 54.4 Å². The van der Waals surface area contributed by atoms with E-state index >= 15 is 0 Å². The molecule has 4 heteroatoms. The molecule has 3 rings (SSSR count). The molecule has 120 valence electrons. The highest BCUT2D eigenvalue weighted by atomic mass is 16.2. The van der Waals surface area contributed by atoms with Crippen molar-refractivity contribution in [1.82, 2.24) is 15.6 Å². The summed E-state index contributed by atoms with van der Waals surface area (Å²) in [5.74, 6) is 0.160. The van der Waals surface area contributed by atoms with Crippen molar-refractivity contribution in [3.63, 3.8) is 0 Å². The highest BCUT2D eigenvalue weighted by Gasteiger charge is 2.38. The Labute approximate surface area is 137 Å². The molecule has 4 nitrogen and oxygen atoms in total. The van der Waals surface area contributed by atoms with Crippen LogP contribution in [0.5, 0.6) is 0 Å². The lowest BCUT2D eigenvalue weighted by atomic mass is 9.73. The van der Waals surface area contributed by atoms with Crippen molar-refractivity contribution in [2.75, 3.05) is 20.1 Å². The average molecular weight is 309 g/mol. The summed E-state index contributed by atoms with van der Waals surface area (Å²) in [7, 11) is 1.74. The van der Waals surface area contributed by atoms with E-state index in [1.54, 1.807) is 19.4 Å². The fourth-order valence-corrected chi connectivity index (χ4v) is 3.45. The number of hydrogen-bond donors (Lipinski definition) is 2. The van der Waals surface area contributed by atoms with Crippen molar-refractivity contribution in [2.45, 2.75) is 19.3 Å². The van der Waals surface area contributed by atoms with Crippen LogP contribution in [0.1, 0.15) is 18.4 Å². The summed E-state index contributed by atoms with van der Waals surface area (Å²) in [6, 6.07) is 12.5. The summed E-state index contributed by atoms with van der Waals surface area (Å²) in [6.45, 7) is 1.80. The molecule has 1 saturated heterocycles. The van der Waals surface area contributed by atoms with Crippen LogP contribution < -0.4 is 10.6 Å². The van der Waals surface area contributed by atoms with Gasteiger partial charge in [0, 0.05) is 19.4 Å². The Hall–Kier alpha value is -2.20. The number of piperidine rings is 1. The highest BCUT2D eigenvalue weighted by Crippen LogP contribution is 2.34. The van der Waals surface area contributed by atoms with Gasteiger partial charge in [-0.3, -0.25) is 9.78 Å². The van der Waals surface area contributed by atoms with Gasteiger partial charge in [0.25, 0.3) is 0 Å². The molecule has 2 heterocycles. The molecule has 1 fully saturated rings. The fraction of sp³-hybridized carbons (Fsp3) is 0.368. The van der Waals surface area contributed by atoms with E-state index in [9.17, 15) is 4.79 Å². The number of benzene rings is 1. The van der Waals surface area contributed by atoms with Gasteiger partial charge in [0.1, 0.15) is 0 Å². The van der Waals surface area contributed by atoms with Crippen LogP contribution in [0.3, 0.4) is 0 Å². The van der Waals surface area contributed by atoms with Gasteiger partial charge in [-0.15, -0.1) is 0 Å². The first kappa shape index (κ1) is 15.7. The van der Waals surface area contributed by atoms with E-state index in [1.165, 1.54) is 11.1 Å². The predicted octanol–water partition coefficient (Wildman–Crippen LogP) is 2.41. The summed E-state index contributed by atoms with van der Waals surface area (Å²) in [5.41, 5.74) is 3.24. The van der Waals surface area contributed by atoms with Crippen molar-refractivity contribution < 1.29 is 4.79 Å². The fourth-order valence-electron chi connectivity index (χ4n) is 3.45. The minimum Gasteiger partial charge on any atom is -0.359 e. The minimum atomic E-state index is -0.295. The zero-order chi connectivity index (χ0) is 16.1. The summed E-state index contributed by atoms with van der Waals surface area (Å²) in [4.78, 5) is 16.6. The summed E-state index contributed by atoms with van der Waals surface area (Å²) < 4.78 is 0. The predicted molar refractivity (Wildman–Crippen MR) is 92.0 cm³/mol. The molecule has 0 aliphatic carbocycles. The summed E-state index contributed by atoms with van der Waals surface area (Å²) in [5, 5.41) is 6.22. The van der Waals surface area contributed by atoms with Crippen LogP contribution in [0.15, 0.2) is 48.8 Å². The molecule has 2 aromatic rings. The number of amides is 1. The van der Waals surface area contributed by atoms with E-state index in [4.69, 9.17) is 0 Å². The van der Waals surface area contributed by atoms with Gasteiger partial charge in [0.05, 0.1) is 5.41 Å². The molecule has 23 heavy (non-hydrogen) atoms. The van der Waals surface area contributed by atoms with E-state index < -0.39 is 0 Å². The van der Waals surface area contributed by atoms with E-state index in [-0.39, 0.29) is 11.3 Å². The van der Waals surface area contributed by atoms with Crippen LogP contribution in [0, 0.1) is 5.41 Å². The van der Waals surface area contributed by atoms with E-state index in [1.807, 2.05) is 12.1 Å². The maximum absolute atomic E-state index is 12.5. The molecule has 1 aromatic heterocycles. The number of rotatable bonds is 4. The number of hydrogen-bond acceptors (Lipinski definition) is 3. The Bertz CT molecular complexity index is 663. The lowest BCUT2D eigenvalue weighted by molar-refractivity contribution is -0.132. The zero-order valence-corrected chi connectivity index (χ0v) is 13.5. The van der Waals surface area contributed by atoms with Crippen LogP contribution in [0.4, 0.5) is 0 Å². The number of pyridine rings is 1. The lowest BCUT2D eigenvalue weighted by Crippen LogP contribution is -2.48. The molecule has 1 amide bonds. The number of aromatic nitrogens is 1. The summed E-state index contributed by atoms with van der Waals surface area (Å²) in [6.07, 6.45) is 6.16. The smallest absolute Gasteiger partial charge is 0.226 e. The molecular formula is C19H23N3O. The molecule has 1 aromatic carbocycles. The van der Waals surface area contributed by atoms with Gasteiger partial charge < -0.3 is 10.6 Å². The maximum atomic E-state index is 12.5. The first-order valence-corrected chi connectivity index (χ1v) is 8.16. The number of nitrogens with zero attached hydrogens (tertiary/aromatic N) is 1. The standard InChI is InChI=1S/C19H23N3O/c1-20-18(23)19(7-11-22-12-8-19)14-15-3-2-4-17(13-15)16-5-9-21-10-6-16/h2-6,9-10,13,22H,7-8,11-12,14H2,1H3,(H,20,23). The van der Waals surface area contributed by atoms with Crippen LogP contribution >= 0.6 is 0 Å². The molecule has 0 bridgehead atoms. The third-order valence-electron chi connectivity index (χ3n) is 4.75. The first-order chi connectivity index (χ1) is 11.2. The average Bonchev–Trinajstić information content (AvgIpc) is 2.63. The van der Waals surface area contributed by atoms with Crippen LogP contribution in [-0.4, -0.2) is 31.0 Å². The number of nitrogens with one attached hydrogen (secondary N) is 2. The molecule has 0 atom stereocenters. The molecule has 0 unspecified atom stereocenters. The molecular weight excluding hydrogens is 286 g/mol. The zero-order valence-electron chi connectivity index (χ0n) is 13.5. The van der Waals surface area contributed by atoms with Gasteiger partial charge in [-0.05, 0) is 61.2 Å². The Morgan fingerprint density at radius 1 is 1.17 bits per heavy atom. The lowest BCUT2D eigenvalue weighted by Gasteiger charge is -2.36. The Morgan fingerprint density at radius 2 is 1.91 bits per heavy atom. The van der Waals surface area contributed by atoms with E-state index in [0.29, 0.717) is 0 Å². The largest absolute Gasteiger partial charge is 0.359 e. The third kappa shape index (κ3) is 3.42. The van der Waals surface area contributed by atoms with Crippen LogP contribution in [0.25, 0.3) is 11.1 Å². The SMILES string of the molecule is CNC(=O)C1(Cc2cccc(-c3ccncc3)c2)CCNCC1. The Balaban J connectivity index is 1.88. The van der Waals surface area contributed by atoms with Gasteiger partial charge in [0.2, 0.25) is 5.91 Å². The normalized spacial score (nSPS) is 16.7. The van der Waals surface area contributed by atoms with Crippen LogP contribution in [-0.2, 0) is 11.2 Å². The van der Waals surface area contributed by atoms with Gasteiger partial charge in [-0.1, -0.05) is 24.3 Å². The Morgan fingerprint density at radius 3 is 2.61 bits per heavy atom. The second kappa shape index (κ2) is 6.92. The topological polar surface area (TPSA) is 54.0 Å². The van der Waals surface area contributed by atoms with Crippen molar-refractivity contribution in [2.24, 2.45) is 5.41 Å². The number of carbonyl (C=O) groups is 1. The molecule has 0 spiro atoms. The second-order valence-electron chi connectivity index (χ2n) is 6.22. The summed E-state index contributed by atoms with van der Waals surface area (Å²) >= 11 is 0. The number of carbonyl (C=O) groups excluding carboxylic acids is 1. The van der Waals surface area contributed by atoms with Crippen molar-refractivity contribution in [1.29, 1.82) is 0 Å². The van der Waals surface area contributed by atoms with Crippen molar-refractivity contribution in [3.8, 4) is 11.1 Å². The van der Waals surface area contributed by atoms with Crippen molar-refractivity contribution >= 4 is 5.91 Å². The maximum Gasteiger partial charge on any atom is 0.226 e. The molecule has 0 saturated carbocycles. The quantitative estimate of drug-likeness (QED) is 0.912. The van der Waals surface area contributed by atoms with Gasteiger partial charge in [0.15, 0.2) is 0 Å². The molecule has 0 radical (unpaired) electrons. The first-order valence-electron chi connectivity index (χ1n) is 8.16. The minimum absolute atomic E-state index is 0.160. The molecule has 2 N–H and O–H groups in total. The van der Waals surface area contributed by atoms with Gasteiger partial charge in [-0.25, -0.2) is 0 Å².